The van der Waals surface area contributed by atoms with E-state index in [1.54, 1.807) is 0 Å². The zero-order valence-corrected chi connectivity index (χ0v) is 11.9. The fourth-order valence-corrected chi connectivity index (χ4v) is 1.51. The van der Waals surface area contributed by atoms with Crippen LogP contribution >= 0.6 is 0 Å². The average Bonchev–Trinajstić information content (AvgIpc) is 2.10. The Morgan fingerprint density at radius 3 is 2.47 bits per heavy atom. The molecule has 0 spiro atoms. The third-order valence-electron chi connectivity index (χ3n) is 1.85. The predicted molar refractivity (Wildman–Crippen MR) is 73.5 cm³/mol. The normalized spacial score (nSPS) is 12.7. The predicted octanol–water partition coefficient (Wildman–Crippen LogP) is 4.56. The van der Waals surface area contributed by atoms with Crippen molar-refractivity contribution in [2.24, 2.45) is 0 Å². The van der Waals surface area contributed by atoms with Crippen LogP contribution in [-0.2, 0) is 0 Å². The van der Waals surface area contributed by atoms with Gasteiger partial charge >= 0.3 is 0 Å². The van der Waals surface area contributed by atoms with Crippen molar-refractivity contribution >= 4 is 8.07 Å². The Hall–Kier alpha value is -0.743. The second-order valence-electron chi connectivity index (χ2n) is 4.95. The van der Waals surface area contributed by atoms with Crippen molar-refractivity contribution in [1.82, 2.24) is 0 Å². The highest BCUT2D eigenvalue weighted by molar-refractivity contribution is 6.83. The molecule has 0 rings (SSSR count). The van der Waals surface area contributed by atoms with Crippen LogP contribution in [0.4, 0.5) is 0 Å². The lowest BCUT2D eigenvalue weighted by atomic mass is 10.2. The Morgan fingerprint density at radius 1 is 1.27 bits per heavy atom. The quantitative estimate of drug-likeness (QED) is 0.282. The van der Waals surface area contributed by atoms with Crippen LogP contribution in [0.3, 0.4) is 0 Å². The molecule has 0 aliphatic carbocycles. The Morgan fingerprint density at radius 2 is 1.93 bits per heavy atom. The molecule has 0 radical (unpaired) electrons. The van der Waals surface area contributed by atoms with Crippen LogP contribution in [0.2, 0.25) is 19.6 Å². The van der Waals surface area contributed by atoms with E-state index in [4.69, 9.17) is 0 Å². The van der Waals surface area contributed by atoms with Crippen molar-refractivity contribution in [3.63, 3.8) is 0 Å². The second-order valence-corrected chi connectivity index (χ2v) is 9.70. The summed E-state index contributed by atoms with van der Waals surface area (Å²) in [5.41, 5.74) is 4.59. The molecule has 0 heterocycles. The van der Waals surface area contributed by atoms with Gasteiger partial charge in [-0.1, -0.05) is 57.5 Å². The first-order valence-corrected chi connectivity index (χ1v) is 9.31. The van der Waals surface area contributed by atoms with Crippen molar-refractivity contribution < 1.29 is 0 Å². The molecule has 0 aromatic carbocycles. The molecule has 84 valence electrons. The van der Waals surface area contributed by atoms with Gasteiger partial charge in [-0.25, -0.2) is 0 Å². The molecule has 0 atom stereocenters. The zero-order chi connectivity index (χ0) is 11.7. The maximum atomic E-state index is 3.33. The Bertz CT molecular complexity index is 279. The third-order valence-corrected chi connectivity index (χ3v) is 2.75. The first-order chi connectivity index (χ1) is 6.95. The van der Waals surface area contributed by atoms with Gasteiger partial charge in [0.25, 0.3) is 0 Å². The fraction of sp³-hybridized carbons (Fsp3) is 0.571. The van der Waals surface area contributed by atoms with E-state index in [1.165, 1.54) is 24.8 Å². The highest BCUT2D eigenvalue weighted by Gasteiger charge is 2.06. The highest BCUT2D eigenvalue weighted by atomic mass is 28.3. The van der Waals surface area contributed by atoms with Crippen molar-refractivity contribution in [2.45, 2.75) is 52.8 Å². The molecule has 0 aliphatic heterocycles. The summed E-state index contributed by atoms with van der Waals surface area (Å²) in [6.07, 6.45) is 10.2. The van der Waals surface area contributed by atoms with E-state index in [-0.39, 0.29) is 0 Å². The molecule has 0 saturated carbocycles. The van der Waals surface area contributed by atoms with Gasteiger partial charge < -0.3 is 0 Å². The van der Waals surface area contributed by atoms with Gasteiger partial charge in [-0.05, 0) is 25.0 Å². The summed E-state index contributed by atoms with van der Waals surface area (Å²) in [7, 11) is -1.20. The van der Waals surface area contributed by atoms with Gasteiger partial charge in [0.15, 0.2) is 0 Å². The summed E-state index contributed by atoms with van der Waals surface area (Å²) in [6, 6.07) is 0. The van der Waals surface area contributed by atoms with E-state index >= 15 is 0 Å². The maximum absolute atomic E-state index is 3.33. The molecule has 1 heteroatoms. The monoisotopic (exact) mass is 220 g/mol. The van der Waals surface area contributed by atoms with Crippen molar-refractivity contribution in [1.29, 1.82) is 0 Å². The zero-order valence-electron chi connectivity index (χ0n) is 10.9. The van der Waals surface area contributed by atoms with Crippen LogP contribution in [0, 0.1) is 11.5 Å². The molecule has 0 nitrogen and oxygen atoms in total. The SMILES string of the molecule is CCCC/C=C/C(C)=C/C#C[Si](C)(C)C. The lowest BCUT2D eigenvalue weighted by molar-refractivity contribution is 0.814. The number of allylic oxidation sites excluding steroid dienone is 4. The molecule has 0 aromatic rings. The minimum absolute atomic E-state index is 1.18. The lowest BCUT2D eigenvalue weighted by Gasteiger charge is -2.02. The summed E-state index contributed by atoms with van der Waals surface area (Å²) in [4.78, 5) is 0. The van der Waals surface area contributed by atoms with Gasteiger partial charge in [-0.3, -0.25) is 0 Å². The topological polar surface area (TPSA) is 0 Å². The summed E-state index contributed by atoms with van der Waals surface area (Å²) in [5, 5.41) is 0. The first-order valence-electron chi connectivity index (χ1n) is 5.81. The van der Waals surface area contributed by atoms with Crippen molar-refractivity contribution in [3.05, 3.63) is 23.8 Å². The Kier molecular flexibility index (Phi) is 7.16. The van der Waals surface area contributed by atoms with Gasteiger partial charge in [0.05, 0.1) is 0 Å². The molecule has 0 fully saturated rings. The largest absolute Gasteiger partial charge is 0.129 e. The van der Waals surface area contributed by atoms with E-state index in [2.05, 4.69) is 57.1 Å². The van der Waals surface area contributed by atoms with E-state index in [0.29, 0.717) is 0 Å². The van der Waals surface area contributed by atoms with Gasteiger partial charge in [-0.15, -0.1) is 5.54 Å². The molecule has 0 aromatic heterocycles. The fourth-order valence-electron chi connectivity index (χ4n) is 1.01. The first kappa shape index (κ1) is 14.3. The Labute approximate surface area is 96.5 Å². The number of hydrogen-bond acceptors (Lipinski definition) is 0. The summed E-state index contributed by atoms with van der Waals surface area (Å²) >= 11 is 0. The maximum Gasteiger partial charge on any atom is 0.129 e. The van der Waals surface area contributed by atoms with E-state index in [0.717, 1.165) is 0 Å². The highest BCUT2D eigenvalue weighted by Crippen LogP contribution is 2.00. The molecule has 0 saturated heterocycles. The Balaban J connectivity index is 4.08. The number of rotatable bonds is 4. The summed E-state index contributed by atoms with van der Waals surface area (Å²) < 4.78 is 0. The minimum Gasteiger partial charge on any atom is -0.127 e. The second kappa shape index (κ2) is 7.54. The van der Waals surface area contributed by atoms with Crippen LogP contribution in [0.5, 0.6) is 0 Å². The molecule has 0 amide bonds. The van der Waals surface area contributed by atoms with Crippen LogP contribution < -0.4 is 0 Å². The number of hydrogen-bond donors (Lipinski definition) is 0. The molecule has 0 unspecified atom stereocenters. The van der Waals surface area contributed by atoms with Crippen LogP contribution in [0.15, 0.2) is 23.8 Å². The van der Waals surface area contributed by atoms with E-state index in [1.807, 2.05) is 6.08 Å². The van der Waals surface area contributed by atoms with Crippen LogP contribution in [0.1, 0.15) is 33.1 Å². The minimum atomic E-state index is -1.20. The summed E-state index contributed by atoms with van der Waals surface area (Å²) in [6.45, 7) is 11.1. The molecule has 0 N–H and O–H groups in total. The van der Waals surface area contributed by atoms with E-state index < -0.39 is 8.07 Å². The van der Waals surface area contributed by atoms with Gasteiger partial charge in [-0.2, -0.15) is 0 Å². The number of unbranched alkanes of at least 4 members (excludes halogenated alkanes) is 2. The van der Waals surface area contributed by atoms with Crippen molar-refractivity contribution in [2.75, 3.05) is 0 Å². The average molecular weight is 220 g/mol. The van der Waals surface area contributed by atoms with E-state index in [9.17, 15) is 0 Å². The molecule has 15 heavy (non-hydrogen) atoms. The third kappa shape index (κ3) is 11.2. The molecular weight excluding hydrogens is 196 g/mol. The molecule has 0 bridgehead atoms. The van der Waals surface area contributed by atoms with Gasteiger partial charge in [0.1, 0.15) is 8.07 Å². The standard InChI is InChI=1S/C14H24Si/c1-6-7-8-9-11-14(2)12-10-13-15(3,4)5/h9,11-12H,6-8H2,1-5H3/b11-9+,14-12+. The van der Waals surface area contributed by atoms with Crippen LogP contribution in [0.25, 0.3) is 0 Å². The van der Waals surface area contributed by atoms with Crippen molar-refractivity contribution in [3.8, 4) is 11.5 Å². The lowest BCUT2D eigenvalue weighted by Crippen LogP contribution is -2.16. The van der Waals surface area contributed by atoms with Gasteiger partial charge in [0.2, 0.25) is 0 Å². The van der Waals surface area contributed by atoms with Gasteiger partial charge in [0, 0.05) is 0 Å². The molecular formula is C14H24Si. The summed E-state index contributed by atoms with van der Waals surface area (Å²) in [5.74, 6) is 3.16. The molecule has 0 aliphatic rings. The smallest absolute Gasteiger partial charge is 0.127 e. The van der Waals surface area contributed by atoms with Crippen LogP contribution in [-0.4, -0.2) is 8.07 Å².